The molecule has 2 heterocycles. The number of carbonyl (C=O) groups excluding carboxylic acids is 1. The second-order valence-corrected chi connectivity index (χ2v) is 9.09. The number of carbonyl (C=O) groups is 1. The predicted octanol–water partition coefficient (Wildman–Crippen LogP) is 4.61. The van der Waals surface area contributed by atoms with Crippen LogP contribution in [0.2, 0.25) is 0 Å². The van der Waals surface area contributed by atoms with Crippen LogP contribution in [0.25, 0.3) is 21.3 Å². The van der Waals surface area contributed by atoms with Crippen LogP contribution >= 0.6 is 11.3 Å². The van der Waals surface area contributed by atoms with E-state index in [4.69, 9.17) is 4.98 Å². The fourth-order valence-electron chi connectivity index (χ4n) is 4.17. The van der Waals surface area contributed by atoms with Crippen LogP contribution in [0.15, 0.2) is 42.7 Å². The van der Waals surface area contributed by atoms with Gasteiger partial charge < -0.3 is 15.0 Å². The van der Waals surface area contributed by atoms with Gasteiger partial charge in [-0.1, -0.05) is 30.2 Å². The Morgan fingerprint density at radius 1 is 1.20 bits per heavy atom. The lowest BCUT2D eigenvalue weighted by molar-refractivity contribution is 0.101. The average Bonchev–Trinajstić information content (AvgIpc) is 3.32. The van der Waals surface area contributed by atoms with E-state index in [1.54, 1.807) is 18.3 Å². The zero-order chi connectivity index (χ0) is 20.7. The minimum atomic E-state index is -0.296. The number of anilines is 1. The smallest absolute Gasteiger partial charge is 0.184 e. The summed E-state index contributed by atoms with van der Waals surface area (Å²) in [6.45, 7) is 2.26. The van der Waals surface area contributed by atoms with E-state index in [0.29, 0.717) is 12.1 Å². The standard InChI is InChI=1S/C23H24N4O2S/c1-14(28)16-7-9-17-20(11-16)27(13-24-17)12-15-6-8-19-22(10-15)30-23(26-19)25-18-4-2-3-5-21(18)29/h6-11,13,18,21,29H,2-5,12H2,1H3,(H,25,26). The molecule has 2 atom stereocenters. The van der Waals surface area contributed by atoms with Crippen LogP contribution in [0.3, 0.4) is 0 Å². The summed E-state index contributed by atoms with van der Waals surface area (Å²) < 4.78 is 3.19. The topological polar surface area (TPSA) is 80.0 Å². The number of imidazole rings is 1. The molecule has 2 aromatic carbocycles. The van der Waals surface area contributed by atoms with Crippen LogP contribution in [0.1, 0.15) is 48.5 Å². The number of fused-ring (bicyclic) bond motifs is 2. The molecule has 0 bridgehead atoms. The zero-order valence-corrected chi connectivity index (χ0v) is 17.7. The lowest BCUT2D eigenvalue weighted by atomic mass is 9.93. The molecule has 2 aromatic heterocycles. The van der Waals surface area contributed by atoms with E-state index < -0.39 is 0 Å². The van der Waals surface area contributed by atoms with E-state index in [0.717, 1.165) is 57.6 Å². The summed E-state index contributed by atoms with van der Waals surface area (Å²) in [6, 6.07) is 12.0. The summed E-state index contributed by atoms with van der Waals surface area (Å²) in [7, 11) is 0. The van der Waals surface area contributed by atoms with E-state index in [2.05, 4.69) is 27.0 Å². The summed E-state index contributed by atoms with van der Waals surface area (Å²) in [5.74, 6) is 0.0545. The van der Waals surface area contributed by atoms with Gasteiger partial charge in [0, 0.05) is 12.1 Å². The molecule has 0 saturated heterocycles. The van der Waals surface area contributed by atoms with Crippen LogP contribution in [0.5, 0.6) is 0 Å². The molecule has 2 unspecified atom stereocenters. The number of rotatable bonds is 5. The fourth-order valence-corrected chi connectivity index (χ4v) is 5.16. The van der Waals surface area contributed by atoms with Gasteiger partial charge in [0.25, 0.3) is 0 Å². The molecule has 0 radical (unpaired) electrons. The Bertz CT molecular complexity index is 1230. The number of benzene rings is 2. The number of nitrogens with one attached hydrogen (secondary N) is 1. The molecule has 1 aliphatic carbocycles. The Kier molecular flexibility index (Phi) is 5.00. The molecule has 1 saturated carbocycles. The number of aliphatic hydroxyl groups is 1. The Morgan fingerprint density at radius 2 is 2.03 bits per heavy atom. The highest BCUT2D eigenvalue weighted by atomic mass is 32.1. The van der Waals surface area contributed by atoms with E-state index in [1.165, 1.54) is 0 Å². The maximum Gasteiger partial charge on any atom is 0.184 e. The number of aromatic nitrogens is 3. The lowest BCUT2D eigenvalue weighted by Crippen LogP contribution is -2.36. The first-order chi connectivity index (χ1) is 14.6. The summed E-state index contributed by atoms with van der Waals surface area (Å²) in [5.41, 5.74) is 4.66. The first-order valence-corrected chi connectivity index (χ1v) is 11.2. The molecule has 1 aliphatic rings. The highest BCUT2D eigenvalue weighted by molar-refractivity contribution is 7.22. The van der Waals surface area contributed by atoms with Crippen molar-refractivity contribution in [2.45, 2.75) is 51.3 Å². The second-order valence-electron chi connectivity index (χ2n) is 8.06. The molecular weight excluding hydrogens is 396 g/mol. The van der Waals surface area contributed by atoms with Gasteiger partial charge in [0.1, 0.15) is 0 Å². The highest BCUT2D eigenvalue weighted by Crippen LogP contribution is 2.30. The quantitative estimate of drug-likeness (QED) is 0.461. The highest BCUT2D eigenvalue weighted by Gasteiger charge is 2.23. The van der Waals surface area contributed by atoms with Crippen molar-refractivity contribution in [3.05, 3.63) is 53.9 Å². The fraction of sp³-hybridized carbons (Fsp3) is 0.348. The van der Waals surface area contributed by atoms with Gasteiger partial charge in [-0.3, -0.25) is 4.79 Å². The Morgan fingerprint density at radius 3 is 2.87 bits per heavy atom. The number of thiazole rings is 1. The Hall–Kier alpha value is -2.77. The Labute approximate surface area is 178 Å². The van der Waals surface area contributed by atoms with Gasteiger partial charge in [0.05, 0.1) is 39.7 Å². The lowest BCUT2D eigenvalue weighted by Gasteiger charge is -2.27. The first-order valence-electron chi connectivity index (χ1n) is 10.4. The number of hydrogen-bond donors (Lipinski definition) is 2. The molecule has 0 spiro atoms. The van der Waals surface area contributed by atoms with Gasteiger partial charge in [-0.25, -0.2) is 9.97 Å². The molecule has 0 aliphatic heterocycles. The number of nitrogens with zero attached hydrogens (tertiary/aromatic N) is 3. The van der Waals surface area contributed by atoms with Gasteiger partial charge in [0.15, 0.2) is 10.9 Å². The summed E-state index contributed by atoms with van der Waals surface area (Å²) >= 11 is 1.63. The van der Waals surface area contributed by atoms with Crippen LogP contribution in [0.4, 0.5) is 5.13 Å². The number of hydrogen-bond acceptors (Lipinski definition) is 6. The minimum absolute atomic E-state index is 0.0545. The zero-order valence-electron chi connectivity index (χ0n) is 16.8. The maximum absolute atomic E-state index is 11.7. The minimum Gasteiger partial charge on any atom is -0.391 e. The van der Waals surface area contributed by atoms with Crippen molar-refractivity contribution in [1.29, 1.82) is 0 Å². The third-order valence-corrected chi connectivity index (χ3v) is 6.82. The van der Waals surface area contributed by atoms with Gasteiger partial charge in [-0.2, -0.15) is 0 Å². The van der Waals surface area contributed by atoms with E-state index in [9.17, 15) is 9.90 Å². The van der Waals surface area contributed by atoms with Crippen LogP contribution in [-0.4, -0.2) is 37.6 Å². The predicted molar refractivity (Wildman–Crippen MR) is 120 cm³/mol. The second kappa shape index (κ2) is 7.81. The van der Waals surface area contributed by atoms with Crippen LogP contribution in [0, 0.1) is 0 Å². The summed E-state index contributed by atoms with van der Waals surface area (Å²) in [5, 5.41) is 14.5. The van der Waals surface area contributed by atoms with Crippen molar-refractivity contribution in [2.75, 3.05) is 5.32 Å². The number of ketones is 1. The Balaban J connectivity index is 1.39. The van der Waals surface area contributed by atoms with Crippen molar-refractivity contribution in [1.82, 2.24) is 14.5 Å². The third kappa shape index (κ3) is 3.70. The average molecular weight is 421 g/mol. The molecule has 30 heavy (non-hydrogen) atoms. The third-order valence-electron chi connectivity index (χ3n) is 5.87. The monoisotopic (exact) mass is 420 g/mol. The van der Waals surface area contributed by atoms with E-state index in [1.807, 2.05) is 30.6 Å². The van der Waals surface area contributed by atoms with Crippen LogP contribution < -0.4 is 5.32 Å². The van der Waals surface area contributed by atoms with Crippen molar-refractivity contribution >= 4 is 43.5 Å². The van der Waals surface area contributed by atoms with Crippen molar-refractivity contribution < 1.29 is 9.90 Å². The molecule has 0 amide bonds. The molecule has 7 heteroatoms. The SMILES string of the molecule is CC(=O)c1ccc2ncn(Cc3ccc4nc(NC5CCCCC5O)sc4c3)c2c1. The van der Waals surface area contributed by atoms with Gasteiger partial charge in [0.2, 0.25) is 0 Å². The molecule has 1 fully saturated rings. The van der Waals surface area contributed by atoms with Gasteiger partial charge in [-0.05, 0) is 55.7 Å². The van der Waals surface area contributed by atoms with Gasteiger partial charge in [-0.15, -0.1) is 0 Å². The van der Waals surface area contributed by atoms with Crippen molar-refractivity contribution in [3.63, 3.8) is 0 Å². The summed E-state index contributed by atoms with van der Waals surface area (Å²) in [4.78, 5) is 20.9. The number of Topliss-reactive ketones (excluding diaryl/α,β-unsaturated/α-hetero) is 1. The summed E-state index contributed by atoms with van der Waals surface area (Å²) in [6.07, 6.45) is 5.61. The molecular formula is C23H24N4O2S. The van der Waals surface area contributed by atoms with Crippen molar-refractivity contribution in [2.24, 2.45) is 0 Å². The molecule has 6 nitrogen and oxygen atoms in total. The molecule has 2 N–H and O–H groups in total. The van der Waals surface area contributed by atoms with E-state index in [-0.39, 0.29) is 17.9 Å². The normalized spacial score (nSPS) is 19.4. The van der Waals surface area contributed by atoms with Gasteiger partial charge >= 0.3 is 0 Å². The van der Waals surface area contributed by atoms with Crippen molar-refractivity contribution in [3.8, 4) is 0 Å². The molecule has 154 valence electrons. The molecule has 5 rings (SSSR count). The first kappa shape index (κ1) is 19.2. The molecule has 4 aromatic rings. The van der Waals surface area contributed by atoms with E-state index >= 15 is 0 Å². The van der Waals surface area contributed by atoms with Crippen LogP contribution in [-0.2, 0) is 6.54 Å². The largest absolute Gasteiger partial charge is 0.391 e. The number of aliphatic hydroxyl groups excluding tert-OH is 1. The maximum atomic E-state index is 11.7.